The highest BCUT2D eigenvalue weighted by atomic mass is 16.2. The Morgan fingerprint density at radius 1 is 1.37 bits per heavy atom. The average Bonchev–Trinajstić information content (AvgIpc) is 3.30. The molecule has 1 atom stereocenters. The number of nitrogens with one attached hydrogen (secondary N) is 3. The van der Waals surface area contributed by atoms with Crippen molar-refractivity contribution < 1.29 is 4.79 Å². The number of nitrogens with zero attached hydrogens (tertiary/aromatic N) is 4. The van der Waals surface area contributed by atoms with Crippen LogP contribution in [0.4, 0.5) is 5.82 Å². The SMILES string of the molecule is CNC(=O)c1nc(C)c(C)c(N2CC[C@@H](NCc3ncc(C(C)C)[nH]3)C2)n1. The topological polar surface area (TPSA) is 98.8 Å². The second-order valence-electron chi connectivity index (χ2n) is 7.41. The zero-order valence-corrected chi connectivity index (χ0v) is 16.8. The van der Waals surface area contributed by atoms with Gasteiger partial charge in [-0.2, -0.15) is 0 Å². The molecular weight excluding hydrogens is 342 g/mol. The first-order valence-corrected chi connectivity index (χ1v) is 9.48. The fraction of sp³-hybridized carbons (Fsp3) is 0.579. The van der Waals surface area contributed by atoms with E-state index in [9.17, 15) is 4.79 Å². The summed E-state index contributed by atoms with van der Waals surface area (Å²) in [4.78, 5) is 30.8. The van der Waals surface area contributed by atoms with Gasteiger partial charge in [-0.25, -0.2) is 15.0 Å². The lowest BCUT2D eigenvalue weighted by molar-refractivity contribution is 0.0952. The van der Waals surface area contributed by atoms with Crippen molar-refractivity contribution >= 4 is 11.7 Å². The summed E-state index contributed by atoms with van der Waals surface area (Å²) in [6.07, 6.45) is 2.94. The maximum absolute atomic E-state index is 11.9. The van der Waals surface area contributed by atoms with Gasteiger partial charge in [0.15, 0.2) is 0 Å². The highest BCUT2D eigenvalue weighted by molar-refractivity contribution is 5.90. The lowest BCUT2D eigenvalue weighted by atomic mass is 10.2. The molecule has 3 rings (SSSR count). The number of imidazole rings is 1. The Balaban J connectivity index is 1.65. The van der Waals surface area contributed by atoms with E-state index in [4.69, 9.17) is 0 Å². The van der Waals surface area contributed by atoms with Crippen molar-refractivity contribution in [3.63, 3.8) is 0 Å². The fourth-order valence-corrected chi connectivity index (χ4v) is 3.26. The van der Waals surface area contributed by atoms with Crippen LogP contribution in [0, 0.1) is 13.8 Å². The molecule has 1 aliphatic rings. The Morgan fingerprint density at radius 3 is 2.81 bits per heavy atom. The van der Waals surface area contributed by atoms with E-state index >= 15 is 0 Å². The maximum atomic E-state index is 11.9. The third-order valence-electron chi connectivity index (χ3n) is 5.11. The number of carbonyl (C=O) groups is 1. The Labute approximate surface area is 160 Å². The number of hydrogen-bond acceptors (Lipinski definition) is 6. The smallest absolute Gasteiger partial charge is 0.288 e. The van der Waals surface area contributed by atoms with E-state index in [0.717, 1.165) is 54.6 Å². The normalized spacial score (nSPS) is 17.0. The number of aromatic amines is 1. The third-order valence-corrected chi connectivity index (χ3v) is 5.11. The van der Waals surface area contributed by atoms with Gasteiger partial charge in [-0.05, 0) is 26.2 Å². The van der Waals surface area contributed by atoms with Crippen molar-refractivity contribution in [2.24, 2.45) is 0 Å². The summed E-state index contributed by atoms with van der Waals surface area (Å²) in [5, 5.41) is 6.17. The van der Waals surface area contributed by atoms with Gasteiger partial charge in [0.25, 0.3) is 5.91 Å². The van der Waals surface area contributed by atoms with Crippen molar-refractivity contribution in [1.29, 1.82) is 0 Å². The zero-order valence-electron chi connectivity index (χ0n) is 16.8. The molecule has 1 aliphatic heterocycles. The van der Waals surface area contributed by atoms with Gasteiger partial charge in [0.1, 0.15) is 11.6 Å². The standard InChI is InChI=1S/C19H29N7O/c1-11(2)15-8-22-16(24-15)9-21-14-6-7-26(10-14)18-12(3)13(4)23-17(25-18)19(27)20-5/h8,11,14,21H,6-7,9-10H2,1-5H3,(H,20,27)(H,22,24)/t14-/m1/s1. The first kappa shape index (κ1) is 19.3. The van der Waals surface area contributed by atoms with Crippen LogP contribution in [0.1, 0.15) is 59.6 Å². The molecule has 0 saturated carbocycles. The minimum atomic E-state index is -0.257. The number of aromatic nitrogens is 4. The fourth-order valence-electron chi connectivity index (χ4n) is 3.26. The molecule has 0 radical (unpaired) electrons. The van der Waals surface area contributed by atoms with Gasteiger partial charge >= 0.3 is 0 Å². The van der Waals surface area contributed by atoms with Crippen molar-refractivity contribution in [2.75, 3.05) is 25.0 Å². The number of rotatable bonds is 6. The van der Waals surface area contributed by atoms with E-state index in [0.29, 0.717) is 12.0 Å². The van der Waals surface area contributed by atoms with Gasteiger partial charge in [-0.15, -0.1) is 0 Å². The molecule has 1 fully saturated rings. The lowest BCUT2D eigenvalue weighted by Gasteiger charge is -2.21. The van der Waals surface area contributed by atoms with E-state index in [1.165, 1.54) is 0 Å². The van der Waals surface area contributed by atoms with Crippen LogP contribution in [0.15, 0.2) is 6.20 Å². The molecule has 0 unspecified atom stereocenters. The minimum Gasteiger partial charge on any atom is -0.355 e. The second kappa shape index (κ2) is 8.04. The molecule has 1 saturated heterocycles. The molecule has 3 N–H and O–H groups in total. The number of carbonyl (C=O) groups excluding carboxylic acids is 1. The van der Waals surface area contributed by atoms with Crippen LogP contribution in [0.25, 0.3) is 0 Å². The summed E-state index contributed by atoms with van der Waals surface area (Å²) in [7, 11) is 1.59. The van der Waals surface area contributed by atoms with Gasteiger partial charge < -0.3 is 20.5 Å². The zero-order chi connectivity index (χ0) is 19.6. The molecule has 1 amide bonds. The molecule has 0 aliphatic carbocycles. The maximum Gasteiger partial charge on any atom is 0.288 e. The number of hydrogen-bond donors (Lipinski definition) is 3. The molecule has 2 aromatic heterocycles. The van der Waals surface area contributed by atoms with Crippen LogP contribution >= 0.6 is 0 Å². The van der Waals surface area contributed by atoms with Crippen molar-refractivity contribution in [1.82, 2.24) is 30.6 Å². The largest absolute Gasteiger partial charge is 0.355 e. The van der Waals surface area contributed by atoms with Crippen LogP contribution in [0.5, 0.6) is 0 Å². The van der Waals surface area contributed by atoms with E-state index in [2.05, 4.69) is 49.3 Å². The predicted molar refractivity (Wildman–Crippen MR) is 105 cm³/mol. The molecule has 0 spiro atoms. The van der Waals surface area contributed by atoms with Crippen LogP contribution in [0.3, 0.4) is 0 Å². The first-order valence-electron chi connectivity index (χ1n) is 9.48. The number of anilines is 1. The molecule has 27 heavy (non-hydrogen) atoms. The Hall–Kier alpha value is -2.48. The van der Waals surface area contributed by atoms with Gasteiger partial charge in [-0.1, -0.05) is 13.8 Å². The summed E-state index contributed by atoms with van der Waals surface area (Å²) >= 11 is 0. The molecule has 8 heteroatoms. The quantitative estimate of drug-likeness (QED) is 0.714. The summed E-state index contributed by atoms with van der Waals surface area (Å²) in [6.45, 7) is 10.7. The molecule has 0 aromatic carbocycles. The number of aryl methyl sites for hydroxylation is 1. The number of amides is 1. The second-order valence-corrected chi connectivity index (χ2v) is 7.41. The highest BCUT2D eigenvalue weighted by Crippen LogP contribution is 2.24. The van der Waals surface area contributed by atoms with Crippen LogP contribution in [-0.4, -0.2) is 52.0 Å². The predicted octanol–water partition coefficient (Wildman–Crippen LogP) is 1.67. The monoisotopic (exact) mass is 371 g/mol. The minimum absolute atomic E-state index is 0.226. The van der Waals surface area contributed by atoms with Crippen molar-refractivity contribution in [3.05, 3.63) is 34.8 Å². The summed E-state index contributed by atoms with van der Waals surface area (Å²) < 4.78 is 0. The molecule has 3 heterocycles. The van der Waals surface area contributed by atoms with E-state index in [-0.39, 0.29) is 11.7 Å². The van der Waals surface area contributed by atoms with Crippen LogP contribution in [-0.2, 0) is 6.54 Å². The number of H-pyrrole nitrogens is 1. The molecule has 0 bridgehead atoms. The van der Waals surface area contributed by atoms with E-state index in [1.54, 1.807) is 7.05 Å². The van der Waals surface area contributed by atoms with E-state index < -0.39 is 0 Å². The molecule has 8 nitrogen and oxygen atoms in total. The van der Waals surface area contributed by atoms with Gasteiger partial charge in [0.05, 0.1) is 6.54 Å². The van der Waals surface area contributed by atoms with Gasteiger partial charge in [-0.3, -0.25) is 4.79 Å². The summed E-state index contributed by atoms with van der Waals surface area (Å²) in [5.41, 5.74) is 3.02. The Morgan fingerprint density at radius 2 is 2.15 bits per heavy atom. The van der Waals surface area contributed by atoms with Crippen LogP contribution < -0.4 is 15.5 Å². The lowest BCUT2D eigenvalue weighted by Crippen LogP contribution is -2.33. The van der Waals surface area contributed by atoms with Crippen molar-refractivity contribution in [3.8, 4) is 0 Å². The Kier molecular flexibility index (Phi) is 5.74. The highest BCUT2D eigenvalue weighted by Gasteiger charge is 2.26. The molecule has 146 valence electrons. The average molecular weight is 371 g/mol. The summed E-state index contributed by atoms with van der Waals surface area (Å²) in [5.74, 6) is 2.24. The van der Waals surface area contributed by atoms with Gasteiger partial charge in [0.2, 0.25) is 5.82 Å². The first-order chi connectivity index (χ1) is 12.9. The molecular formula is C19H29N7O. The third kappa shape index (κ3) is 4.27. The van der Waals surface area contributed by atoms with Crippen molar-refractivity contribution in [2.45, 2.75) is 52.6 Å². The van der Waals surface area contributed by atoms with Crippen LogP contribution in [0.2, 0.25) is 0 Å². The summed E-state index contributed by atoms with van der Waals surface area (Å²) in [6, 6.07) is 0.357. The van der Waals surface area contributed by atoms with Gasteiger partial charge in [0, 0.05) is 49.3 Å². The van der Waals surface area contributed by atoms with E-state index in [1.807, 2.05) is 20.0 Å². The Bertz CT molecular complexity index is 814. The molecule has 2 aromatic rings.